The van der Waals surface area contributed by atoms with Gasteiger partial charge in [0.25, 0.3) is 11.4 Å². The molecule has 0 atom stereocenters. The zero-order valence-corrected chi connectivity index (χ0v) is 61.1. The third kappa shape index (κ3) is 25.3. The predicted octanol–water partition coefficient (Wildman–Crippen LogP) is 7.93. The lowest BCUT2D eigenvalue weighted by atomic mass is 9.80. The highest BCUT2D eigenvalue weighted by atomic mass is 79.9. The standard InChI is InChI=1S/C19H14FN7.C12H8ClFN6O2.C7H6BNO2.C7H5BrFNO2.C5H4ClN5.CH4.S11.S2/c20-16-7-14(22)5-4-13(16)10-27-18-15(9-24-27)17(25-19(23)26-18)12-3-1-2-11(6-12)8-21;13-10-8-4-16-19(11(8)18-12(15)17-10)5-6-1-2-7(20(21)22)3-9(6)14;9-5-6-2-1-3-7(4-6)8(10)11;8-4-5-1-2-6(10(11)12)3-7(5)9;6-3-2-1-8-11-4(2)10-5(7)9-3;;1-3-5-7-9-11-10-8-6-4-2;1-2/h1-7,9H,10,22H2,(H2,23,25,26);1-4H,5H2,(H2,15,17,18);1-4,10-11H;1-3H,4H2;1H,(H3,7,8,9,10,11);1H4;;. The van der Waals surface area contributed by atoms with Gasteiger partial charge < -0.3 is 33.0 Å². The lowest BCUT2D eigenvalue weighted by Crippen LogP contribution is -2.29. The van der Waals surface area contributed by atoms with E-state index < -0.39 is 34.4 Å². The van der Waals surface area contributed by atoms with Gasteiger partial charge in [-0.2, -0.15) is 40.8 Å². The van der Waals surface area contributed by atoms with Crippen molar-refractivity contribution in [2.45, 2.75) is 25.8 Å². The molecular formula is C51H41BBrCl2F3N20O6S13. The fraction of sp³-hybridized carbons (Fsp3) is 0.0784. The van der Waals surface area contributed by atoms with Crippen molar-refractivity contribution in [3.05, 3.63) is 198 Å². The van der Waals surface area contributed by atoms with Crippen LogP contribution in [0.5, 0.6) is 0 Å². The minimum absolute atomic E-state index is 0. The van der Waals surface area contributed by atoms with Crippen molar-refractivity contribution in [1.82, 2.24) is 59.7 Å². The number of aromatic nitrogens is 12. The summed E-state index contributed by atoms with van der Waals surface area (Å²) in [4.78, 5) is 43.5. The van der Waals surface area contributed by atoms with Crippen molar-refractivity contribution in [3.63, 3.8) is 0 Å². The van der Waals surface area contributed by atoms with Crippen LogP contribution in [-0.4, -0.2) is 86.7 Å². The van der Waals surface area contributed by atoms with Gasteiger partial charge >= 0.3 is 7.12 Å². The quantitative estimate of drug-likeness (QED) is 0.0180. The lowest BCUT2D eigenvalue weighted by Gasteiger charge is -2.08. The highest BCUT2D eigenvalue weighted by Crippen LogP contribution is 2.29. The summed E-state index contributed by atoms with van der Waals surface area (Å²) < 4.78 is 43.9. The van der Waals surface area contributed by atoms with E-state index in [4.69, 9.17) is 66.7 Å². The minimum Gasteiger partial charge on any atom is -0.423 e. The number of benzene rings is 5. The Morgan fingerprint density at radius 2 is 1.07 bits per heavy atom. The summed E-state index contributed by atoms with van der Waals surface area (Å²) in [6, 6.07) is 28.7. The Labute approximate surface area is 611 Å². The van der Waals surface area contributed by atoms with Crippen molar-refractivity contribution in [2.75, 3.05) is 22.9 Å². The molecule has 6 heterocycles. The molecule has 11 N–H and O–H groups in total. The maximum Gasteiger partial charge on any atom is 0.488 e. The van der Waals surface area contributed by atoms with E-state index in [1.807, 2.05) is 12.1 Å². The highest BCUT2D eigenvalue weighted by molar-refractivity contribution is 9.08. The van der Waals surface area contributed by atoms with E-state index in [1.54, 1.807) is 128 Å². The number of rotatable bonds is 9. The molecule has 11 rings (SSSR count). The number of aromatic amines is 1. The molecule has 0 aliphatic heterocycles. The molecule has 0 amide bonds. The second kappa shape index (κ2) is 42.3. The third-order valence-corrected chi connectivity index (χ3v) is 30.4. The molecule has 0 unspecified atom stereocenters. The van der Waals surface area contributed by atoms with Crippen LogP contribution < -0.4 is 28.4 Å². The molecule has 0 saturated carbocycles. The number of nitriles is 2. The first-order chi connectivity index (χ1) is 46.1. The van der Waals surface area contributed by atoms with E-state index >= 15 is 0 Å². The number of nitrogen functional groups attached to an aromatic ring is 4. The number of anilines is 4. The van der Waals surface area contributed by atoms with Crippen LogP contribution in [0.3, 0.4) is 0 Å². The van der Waals surface area contributed by atoms with Gasteiger partial charge in [0, 0.05) is 165 Å². The first kappa shape index (κ1) is 81.9. The van der Waals surface area contributed by atoms with E-state index in [1.165, 1.54) is 65.0 Å². The smallest absolute Gasteiger partial charge is 0.423 e. The number of fused-ring (bicyclic) bond motifs is 3. The van der Waals surface area contributed by atoms with Gasteiger partial charge in [0.15, 0.2) is 16.9 Å². The Morgan fingerprint density at radius 3 is 1.58 bits per heavy atom. The normalized spacial score (nSPS) is 9.75. The van der Waals surface area contributed by atoms with Gasteiger partial charge in [0.05, 0.1) is 98.8 Å². The van der Waals surface area contributed by atoms with E-state index in [-0.39, 0.29) is 60.5 Å². The second-order valence-electron chi connectivity index (χ2n) is 17.4. The van der Waals surface area contributed by atoms with Gasteiger partial charge in [-0.15, -0.1) is 0 Å². The molecule has 97 heavy (non-hydrogen) atoms. The van der Waals surface area contributed by atoms with Crippen molar-refractivity contribution < 1.29 is 33.1 Å². The number of nitrogens with two attached hydrogens (primary N) is 4. The Kier molecular flexibility index (Phi) is 35.7. The molecule has 0 saturated heterocycles. The van der Waals surface area contributed by atoms with Gasteiger partial charge in [-0.1, -0.05) is 76.9 Å². The lowest BCUT2D eigenvalue weighted by molar-refractivity contribution is -0.385. The van der Waals surface area contributed by atoms with E-state index in [9.17, 15) is 33.4 Å². The minimum atomic E-state index is -1.50. The summed E-state index contributed by atoms with van der Waals surface area (Å²) in [6.07, 6.45) is 4.61. The van der Waals surface area contributed by atoms with Crippen LogP contribution in [0.25, 0.3) is 44.4 Å². The summed E-state index contributed by atoms with van der Waals surface area (Å²) in [7, 11) is 13.0. The first-order valence-electron chi connectivity index (χ1n) is 25.1. The molecule has 0 fully saturated rings. The first-order valence-corrected chi connectivity index (χ1v) is 41.6. The number of nitrogens with one attached hydrogen (secondary N) is 1. The average Bonchev–Trinajstić information content (AvgIpc) is 1.68. The average molecular weight is 1670 g/mol. The molecule has 26 nitrogen and oxygen atoms in total. The topological polar surface area (TPSA) is 420 Å². The Hall–Kier alpha value is -7.58. The van der Waals surface area contributed by atoms with Crippen LogP contribution in [-0.2, 0) is 143 Å². The van der Waals surface area contributed by atoms with E-state index in [2.05, 4.69) is 117 Å². The van der Waals surface area contributed by atoms with Crippen LogP contribution in [0.15, 0.2) is 122 Å². The number of non-ortho nitro benzene ring substituents is 2. The van der Waals surface area contributed by atoms with E-state index in [0.717, 1.165) is 17.7 Å². The van der Waals surface area contributed by atoms with Crippen LogP contribution in [0, 0.1) is 60.3 Å². The SMILES string of the molecule is C.N#Cc1cccc(-c2nc(N)nc3c2cnn3Cc2ccc(N)cc2F)c1.N#Cc1cccc(B(O)O)c1.Nc1nc(Cl)c2cn[nH]c2n1.Nc1nc(Cl)c2cnn(Cc3ccc([N+](=O)[O-])cc3F)c2n1.O=[N+]([O-])c1ccc(CBr)c(F)c1.S=S.S=S=S=S=S=S=S=S=S=S=S. The maximum absolute atomic E-state index is 14.1. The summed E-state index contributed by atoms with van der Waals surface area (Å²) in [5.74, 6) is -1.48. The van der Waals surface area contributed by atoms with Gasteiger partial charge in [-0.05, 0) is 59.6 Å². The van der Waals surface area contributed by atoms with Crippen LogP contribution in [0.1, 0.15) is 35.2 Å². The summed E-state index contributed by atoms with van der Waals surface area (Å²) in [6.45, 7) is 0.198. The Balaban J connectivity index is 0.000000257. The maximum atomic E-state index is 14.1. The van der Waals surface area contributed by atoms with Gasteiger partial charge in [-0.25, -0.2) is 37.5 Å². The molecule has 0 aliphatic carbocycles. The molecule has 0 aliphatic rings. The van der Waals surface area contributed by atoms with Crippen LogP contribution in [0.4, 0.5) is 48.1 Å². The number of H-pyrrole nitrogens is 1. The molecule has 0 bridgehead atoms. The molecule has 504 valence electrons. The molecule has 6 aromatic heterocycles. The monoisotopic (exact) mass is 1660 g/mol. The molecule has 5 aromatic carbocycles. The molecule has 46 heteroatoms. The number of nitrogens with zero attached hydrogens (tertiary/aromatic N) is 15. The molecular weight excluding hydrogens is 1620 g/mol. The fourth-order valence-corrected chi connectivity index (χ4v) is 27.4. The third-order valence-electron chi connectivity index (χ3n) is 11.4. The largest absolute Gasteiger partial charge is 0.488 e. The number of hydrogen-bond donors (Lipinski definition) is 7. The Morgan fingerprint density at radius 1 is 0.608 bits per heavy atom. The number of alkyl halides is 1. The number of nitro groups is 2. The Bertz CT molecular complexity index is 5150. The predicted molar refractivity (Wildman–Crippen MR) is 407 cm³/mol. The molecule has 11 aromatic rings. The van der Waals surface area contributed by atoms with Crippen molar-refractivity contribution in [3.8, 4) is 23.4 Å². The second-order valence-corrected chi connectivity index (χ2v) is 34.6. The zero-order valence-electron chi connectivity index (χ0n) is 47.4. The van der Waals surface area contributed by atoms with Gasteiger partial charge in [0.2, 0.25) is 17.8 Å². The van der Waals surface area contributed by atoms with Crippen molar-refractivity contribution in [1.29, 1.82) is 10.5 Å². The zero-order chi connectivity index (χ0) is 70.4. The highest BCUT2D eigenvalue weighted by Gasteiger charge is 2.18. The fourth-order valence-electron chi connectivity index (χ4n) is 7.31. The summed E-state index contributed by atoms with van der Waals surface area (Å²) in [5.41, 5.74) is 27.2. The van der Waals surface area contributed by atoms with Crippen molar-refractivity contribution >= 4 is 244 Å². The van der Waals surface area contributed by atoms with Crippen LogP contribution in [0.2, 0.25) is 10.3 Å². The van der Waals surface area contributed by atoms with Gasteiger partial charge in [0.1, 0.15) is 27.8 Å². The number of nitro benzene ring substituents is 2. The van der Waals surface area contributed by atoms with E-state index in [0.29, 0.717) is 82.7 Å². The van der Waals surface area contributed by atoms with Crippen molar-refractivity contribution in [2.24, 2.45) is 0 Å². The number of hydrogen-bond acceptors (Lipinski definition) is 25. The molecule has 0 radical (unpaired) electrons. The number of halogens is 6. The summed E-state index contributed by atoms with van der Waals surface area (Å²) >= 11 is 31.4. The molecule has 0 spiro atoms. The van der Waals surface area contributed by atoms with Gasteiger partial charge in [-0.3, -0.25) is 25.3 Å². The van der Waals surface area contributed by atoms with Crippen LogP contribution >= 0.6 is 39.1 Å². The summed E-state index contributed by atoms with van der Waals surface area (Å²) in [5, 5.41) is 73.1.